The van der Waals surface area contributed by atoms with Crippen LogP contribution in [0.4, 0.5) is 0 Å². The first-order valence-corrected chi connectivity index (χ1v) is 6.52. The van der Waals surface area contributed by atoms with Crippen LogP contribution < -0.4 is 11.2 Å². The molecule has 0 aliphatic rings. The minimum Gasteiger partial charge on any atom is -0.313 e. The van der Waals surface area contributed by atoms with E-state index in [-0.39, 0.29) is 10.4 Å². The SMILES string of the molecule is CC(Br)c1c[nH]c(=O)n(C(=O)c2ccccc2)c1=O. The highest BCUT2D eigenvalue weighted by Gasteiger charge is 2.17. The molecular formula is C13H11BrN2O3. The summed E-state index contributed by atoms with van der Waals surface area (Å²) < 4.78 is 0.614. The molecule has 0 saturated heterocycles. The summed E-state index contributed by atoms with van der Waals surface area (Å²) in [6.07, 6.45) is 1.32. The predicted octanol–water partition coefficient (Wildman–Crippen LogP) is 1.68. The number of halogens is 1. The topological polar surface area (TPSA) is 71.9 Å². The number of hydrogen-bond acceptors (Lipinski definition) is 3. The Morgan fingerprint density at radius 3 is 2.47 bits per heavy atom. The number of aromatic nitrogens is 2. The van der Waals surface area contributed by atoms with Gasteiger partial charge in [-0.2, -0.15) is 4.57 Å². The van der Waals surface area contributed by atoms with Gasteiger partial charge < -0.3 is 4.98 Å². The van der Waals surface area contributed by atoms with Gasteiger partial charge in [-0.25, -0.2) is 4.79 Å². The number of nitrogens with zero attached hydrogens (tertiary/aromatic N) is 1. The van der Waals surface area contributed by atoms with Crippen molar-refractivity contribution in [3.63, 3.8) is 0 Å². The van der Waals surface area contributed by atoms with Gasteiger partial charge in [0.2, 0.25) is 0 Å². The van der Waals surface area contributed by atoms with Gasteiger partial charge >= 0.3 is 5.69 Å². The Kier molecular flexibility index (Phi) is 3.80. The average molecular weight is 323 g/mol. The van der Waals surface area contributed by atoms with Gasteiger partial charge in [0.05, 0.1) is 0 Å². The van der Waals surface area contributed by atoms with Gasteiger partial charge in [-0.05, 0) is 19.1 Å². The number of benzene rings is 1. The van der Waals surface area contributed by atoms with Crippen molar-refractivity contribution in [2.24, 2.45) is 0 Å². The fourth-order valence-electron chi connectivity index (χ4n) is 1.67. The summed E-state index contributed by atoms with van der Waals surface area (Å²) in [5.74, 6) is -0.637. The molecule has 0 aliphatic carbocycles. The van der Waals surface area contributed by atoms with E-state index in [9.17, 15) is 14.4 Å². The molecule has 1 aromatic carbocycles. The quantitative estimate of drug-likeness (QED) is 0.855. The van der Waals surface area contributed by atoms with Crippen molar-refractivity contribution in [2.75, 3.05) is 0 Å². The van der Waals surface area contributed by atoms with E-state index in [1.54, 1.807) is 37.3 Å². The van der Waals surface area contributed by atoms with Gasteiger partial charge in [-0.1, -0.05) is 34.1 Å². The highest BCUT2D eigenvalue weighted by atomic mass is 79.9. The summed E-state index contributed by atoms with van der Waals surface area (Å²) in [7, 11) is 0. The molecule has 2 rings (SSSR count). The van der Waals surface area contributed by atoms with E-state index in [4.69, 9.17) is 0 Å². The molecule has 0 aliphatic heterocycles. The number of alkyl halides is 1. The van der Waals surface area contributed by atoms with E-state index in [1.807, 2.05) is 0 Å². The average Bonchev–Trinajstić information content (AvgIpc) is 2.39. The lowest BCUT2D eigenvalue weighted by molar-refractivity contribution is 0.0950. The molecule has 0 saturated carbocycles. The molecule has 0 bridgehead atoms. The molecule has 0 radical (unpaired) electrons. The fraction of sp³-hybridized carbons (Fsp3) is 0.154. The zero-order valence-electron chi connectivity index (χ0n) is 10.1. The summed E-state index contributed by atoms with van der Waals surface area (Å²) >= 11 is 3.25. The fourth-order valence-corrected chi connectivity index (χ4v) is 1.99. The summed E-state index contributed by atoms with van der Waals surface area (Å²) in [6, 6.07) is 8.20. The van der Waals surface area contributed by atoms with Crippen LogP contribution >= 0.6 is 15.9 Å². The number of H-pyrrole nitrogens is 1. The van der Waals surface area contributed by atoms with Crippen LogP contribution in [0.5, 0.6) is 0 Å². The second-order valence-corrected chi connectivity index (χ2v) is 5.35. The van der Waals surface area contributed by atoms with Crippen molar-refractivity contribution in [3.8, 4) is 0 Å². The molecule has 2 aromatic rings. The van der Waals surface area contributed by atoms with Crippen molar-refractivity contribution in [3.05, 3.63) is 68.5 Å². The highest BCUT2D eigenvalue weighted by molar-refractivity contribution is 9.09. The minimum atomic E-state index is -0.740. The smallest absolute Gasteiger partial charge is 0.313 e. The third kappa shape index (κ3) is 2.58. The first-order chi connectivity index (χ1) is 9.02. The molecule has 1 aromatic heterocycles. The van der Waals surface area contributed by atoms with Crippen LogP contribution in [0.3, 0.4) is 0 Å². The van der Waals surface area contributed by atoms with Gasteiger partial charge in [-0.15, -0.1) is 0 Å². The van der Waals surface area contributed by atoms with Crippen LogP contribution in [0.15, 0.2) is 46.1 Å². The Balaban J connectivity index is 2.64. The van der Waals surface area contributed by atoms with E-state index in [1.165, 1.54) is 6.20 Å². The number of carbonyl (C=O) groups excluding carboxylic acids is 1. The number of carbonyl (C=O) groups is 1. The maximum absolute atomic E-state index is 12.2. The Labute approximate surface area is 117 Å². The molecule has 0 spiro atoms. The number of aromatic amines is 1. The third-order valence-corrected chi connectivity index (χ3v) is 3.15. The second kappa shape index (κ2) is 5.36. The molecule has 1 unspecified atom stereocenters. The Hall–Kier alpha value is -1.95. The monoisotopic (exact) mass is 322 g/mol. The summed E-state index contributed by atoms with van der Waals surface area (Å²) in [4.78, 5) is 38.2. The molecule has 0 fully saturated rings. The molecule has 1 N–H and O–H groups in total. The van der Waals surface area contributed by atoms with E-state index in [2.05, 4.69) is 20.9 Å². The predicted molar refractivity (Wildman–Crippen MR) is 74.8 cm³/mol. The lowest BCUT2D eigenvalue weighted by Gasteiger charge is -2.07. The summed E-state index contributed by atoms with van der Waals surface area (Å²) in [6.45, 7) is 1.74. The summed E-state index contributed by atoms with van der Waals surface area (Å²) in [5.41, 5.74) is -0.740. The van der Waals surface area contributed by atoms with Gasteiger partial charge in [0.1, 0.15) is 0 Å². The van der Waals surface area contributed by atoms with E-state index < -0.39 is 17.2 Å². The largest absolute Gasteiger partial charge is 0.335 e. The van der Waals surface area contributed by atoms with Crippen LogP contribution in [-0.2, 0) is 0 Å². The van der Waals surface area contributed by atoms with Crippen LogP contribution in [0.1, 0.15) is 27.7 Å². The molecular weight excluding hydrogens is 312 g/mol. The Bertz CT molecular complexity index is 717. The second-order valence-electron chi connectivity index (χ2n) is 3.98. The molecule has 5 nitrogen and oxygen atoms in total. The molecule has 19 heavy (non-hydrogen) atoms. The maximum atomic E-state index is 12.2. The molecule has 6 heteroatoms. The lowest BCUT2D eigenvalue weighted by atomic mass is 10.2. The van der Waals surface area contributed by atoms with Gasteiger partial charge in [0, 0.05) is 22.2 Å². The van der Waals surface area contributed by atoms with Crippen molar-refractivity contribution in [2.45, 2.75) is 11.8 Å². The van der Waals surface area contributed by atoms with Crippen molar-refractivity contribution >= 4 is 21.8 Å². The molecule has 0 amide bonds. The van der Waals surface area contributed by atoms with Crippen LogP contribution in [0.2, 0.25) is 0 Å². The van der Waals surface area contributed by atoms with Crippen molar-refractivity contribution < 1.29 is 4.79 Å². The minimum absolute atomic E-state index is 0.258. The lowest BCUT2D eigenvalue weighted by Crippen LogP contribution is -2.41. The Morgan fingerprint density at radius 1 is 1.26 bits per heavy atom. The van der Waals surface area contributed by atoms with Crippen LogP contribution in [0, 0.1) is 0 Å². The van der Waals surface area contributed by atoms with E-state index in [0.717, 1.165) is 0 Å². The zero-order chi connectivity index (χ0) is 14.0. The maximum Gasteiger partial charge on any atom is 0.335 e. The van der Waals surface area contributed by atoms with Crippen molar-refractivity contribution in [1.29, 1.82) is 0 Å². The highest BCUT2D eigenvalue weighted by Crippen LogP contribution is 2.16. The third-order valence-electron chi connectivity index (χ3n) is 2.66. The number of nitrogens with one attached hydrogen (secondary N) is 1. The molecule has 1 heterocycles. The first kappa shape index (κ1) is 13.5. The first-order valence-electron chi connectivity index (χ1n) is 5.61. The molecule has 1 atom stereocenters. The zero-order valence-corrected chi connectivity index (χ0v) is 11.7. The van der Waals surface area contributed by atoms with Gasteiger partial charge in [-0.3, -0.25) is 9.59 Å². The van der Waals surface area contributed by atoms with Crippen molar-refractivity contribution in [1.82, 2.24) is 9.55 Å². The van der Waals surface area contributed by atoms with Crippen LogP contribution in [-0.4, -0.2) is 15.5 Å². The normalized spacial score (nSPS) is 12.1. The number of hydrogen-bond donors (Lipinski definition) is 1. The van der Waals surface area contributed by atoms with E-state index >= 15 is 0 Å². The Morgan fingerprint density at radius 2 is 1.89 bits per heavy atom. The van der Waals surface area contributed by atoms with Gasteiger partial charge in [0.15, 0.2) is 0 Å². The summed E-state index contributed by atoms with van der Waals surface area (Å²) in [5, 5.41) is 0. The van der Waals surface area contributed by atoms with E-state index in [0.29, 0.717) is 10.1 Å². The van der Waals surface area contributed by atoms with Gasteiger partial charge in [0.25, 0.3) is 11.5 Å². The molecule has 98 valence electrons. The standard InChI is InChI=1S/C13H11BrN2O3/c1-8(14)10-7-15-13(19)16(12(10)18)11(17)9-5-3-2-4-6-9/h2-8H,1H3,(H,15,19). The number of rotatable bonds is 2. The van der Waals surface area contributed by atoms with Crippen LogP contribution in [0.25, 0.3) is 0 Å².